The Morgan fingerprint density at radius 2 is 2.00 bits per heavy atom. The van der Waals surface area contributed by atoms with Crippen LogP contribution in [-0.4, -0.2) is 63.3 Å². The average Bonchev–Trinajstić information content (AvgIpc) is 3.70. The minimum absolute atomic E-state index is 0.1000. The zero-order chi connectivity index (χ0) is 28.2. The van der Waals surface area contributed by atoms with Crippen LogP contribution in [0.5, 0.6) is 0 Å². The number of nitrogens with one attached hydrogen (secondary N) is 1. The Morgan fingerprint density at radius 3 is 2.75 bits per heavy atom. The van der Waals surface area contributed by atoms with E-state index in [0.29, 0.717) is 47.6 Å². The number of aliphatic hydroxyl groups is 1. The van der Waals surface area contributed by atoms with Crippen LogP contribution in [0.3, 0.4) is 0 Å². The van der Waals surface area contributed by atoms with Gasteiger partial charge in [0.1, 0.15) is 12.2 Å². The fourth-order valence-electron chi connectivity index (χ4n) is 5.29. The number of pyridine rings is 1. The summed E-state index contributed by atoms with van der Waals surface area (Å²) in [4.78, 5) is 26.2. The smallest absolute Gasteiger partial charge is 0.378 e. The van der Waals surface area contributed by atoms with Crippen molar-refractivity contribution in [1.82, 2.24) is 40.1 Å². The number of nitrogens with zero attached hydrogens (tertiary/aromatic N) is 7. The van der Waals surface area contributed by atoms with Gasteiger partial charge in [-0.25, -0.2) is 9.37 Å². The second-order valence-corrected chi connectivity index (χ2v) is 9.88. The van der Waals surface area contributed by atoms with Gasteiger partial charge in [0.05, 0.1) is 34.3 Å². The number of halogens is 5. The lowest BCUT2D eigenvalue weighted by atomic mass is 9.92. The van der Waals surface area contributed by atoms with Crippen LogP contribution in [0, 0.1) is 5.82 Å². The number of amides is 1. The molecule has 4 aromatic rings. The van der Waals surface area contributed by atoms with Crippen molar-refractivity contribution in [3.05, 3.63) is 77.0 Å². The molecule has 1 fully saturated rings. The van der Waals surface area contributed by atoms with Crippen molar-refractivity contribution in [2.45, 2.75) is 43.6 Å². The molecule has 15 heteroatoms. The van der Waals surface area contributed by atoms with E-state index in [1.807, 2.05) is 0 Å². The topological polar surface area (TPSA) is 126 Å². The average molecular weight is 575 g/mol. The molecule has 0 aliphatic carbocycles. The van der Waals surface area contributed by atoms with E-state index in [4.69, 9.17) is 11.6 Å². The highest BCUT2D eigenvalue weighted by atomic mass is 35.5. The van der Waals surface area contributed by atoms with Crippen LogP contribution < -0.4 is 0 Å². The van der Waals surface area contributed by atoms with Gasteiger partial charge in [-0.3, -0.25) is 9.78 Å². The molecule has 1 amide bonds. The highest BCUT2D eigenvalue weighted by Gasteiger charge is 2.43. The number of tetrazole rings is 1. The minimum atomic E-state index is -4.86. The Bertz CT molecular complexity index is 1620. The van der Waals surface area contributed by atoms with Crippen LogP contribution in [0.4, 0.5) is 17.6 Å². The lowest BCUT2D eigenvalue weighted by Gasteiger charge is -2.33. The Labute approximate surface area is 228 Å². The summed E-state index contributed by atoms with van der Waals surface area (Å²) in [5.41, 5.74) is 1.16. The molecule has 40 heavy (non-hydrogen) atoms. The Balaban J connectivity index is 1.29. The number of carbonyl (C=O) groups excluding carboxylic acids is 1. The number of hydrogen-bond acceptors (Lipinski definition) is 7. The first-order valence-corrected chi connectivity index (χ1v) is 12.5. The molecule has 1 aromatic carbocycles. The van der Waals surface area contributed by atoms with Crippen LogP contribution in [0.15, 0.2) is 49.1 Å². The van der Waals surface area contributed by atoms with Gasteiger partial charge in [0.15, 0.2) is 11.9 Å². The number of aromatic amines is 1. The van der Waals surface area contributed by atoms with Gasteiger partial charge in [-0.05, 0) is 59.5 Å². The van der Waals surface area contributed by atoms with Gasteiger partial charge >= 0.3 is 6.18 Å². The van der Waals surface area contributed by atoms with E-state index >= 15 is 4.39 Å². The van der Waals surface area contributed by atoms with Gasteiger partial charge in [0.2, 0.25) is 5.91 Å². The molecule has 0 saturated carbocycles. The molecule has 0 bridgehead atoms. The first kappa shape index (κ1) is 26.1. The molecular formula is C25H19ClF4N8O2. The van der Waals surface area contributed by atoms with E-state index in [9.17, 15) is 23.1 Å². The number of carbonyl (C=O) groups is 1. The van der Waals surface area contributed by atoms with Crippen molar-refractivity contribution >= 4 is 23.1 Å². The molecule has 1 saturated heterocycles. The fourth-order valence-corrected chi connectivity index (χ4v) is 5.45. The van der Waals surface area contributed by atoms with Gasteiger partial charge in [0.25, 0.3) is 0 Å². The van der Waals surface area contributed by atoms with Crippen LogP contribution in [0.1, 0.15) is 48.5 Å². The molecule has 6 rings (SSSR count). The molecule has 3 aromatic heterocycles. The Hall–Kier alpha value is -4.17. The van der Waals surface area contributed by atoms with Crippen LogP contribution in [0.2, 0.25) is 5.02 Å². The SMILES string of the molecule is O=C1C=C(c2c(-n3cnnn3)ccc(Cl)c2F)C[C@H]2CC[C@@H](c3ncc(-c4ccnc([C@@H](O)C(F)(F)F)c4)[nH]3)N12. The predicted octanol–water partition coefficient (Wildman–Crippen LogP) is 4.36. The molecular weight excluding hydrogens is 556 g/mol. The second kappa shape index (κ2) is 9.78. The van der Waals surface area contributed by atoms with Gasteiger partial charge in [-0.2, -0.15) is 17.9 Å². The number of imidazole rings is 1. The van der Waals surface area contributed by atoms with E-state index in [1.54, 1.807) is 11.0 Å². The van der Waals surface area contributed by atoms with Gasteiger partial charge in [0, 0.05) is 29.4 Å². The molecule has 0 unspecified atom stereocenters. The summed E-state index contributed by atoms with van der Waals surface area (Å²) in [5.74, 6) is -0.561. The lowest BCUT2D eigenvalue weighted by Crippen LogP contribution is -2.39. The van der Waals surface area contributed by atoms with E-state index < -0.39 is 29.8 Å². The Kier molecular flexibility index (Phi) is 6.38. The molecule has 0 radical (unpaired) electrons. The van der Waals surface area contributed by atoms with Crippen molar-refractivity contribution < 1.29 is 27.5 Å². The second-order valence-electron chi connectivity index (χ2n) is 9.47. The summed E-state index contributed by atoms with van der Waals surface area (Å²) in [7, 11) is 0. The summed E-state index contributed by atoms with van der Waals surface area (Å²) >= 11 is 6.08. The minimum Gasteiger partial charge on any atom is -0.378 e. The van der Waals surface area contributed by atoms with Crippen LogP contribution >= 0.6 is 11.6 Å². The number of aliphatic hydroxyl groups excluding tert-OH is 1. The Morgan fingerprint density at radius 1 is 1.18 bits per heavy atom. The molecule has 2 aliphatic heterocycles. The number of benzene rings is 1. The normalized spacial score (nSPS) is 20.0. The number of aromatic nitrogens is 7. The number of rotatable bonds is 5. The summed E-state index contributed by atoms with van der Waals surface area (Å²) < 4.78 is 55.4. The maximum absolute atomic E-state index is 15.3. The molecule has 0 spiro atoms. The van der Waals surface area contributed by atoms with E-state index in [0.717, 1.165) is 6.07 Å². The first-order valence-electron chi connectivity index (χ1n) is 12.1. The van der Waals surface area contributed by atoms with E-state index in [-0.39, 0.29) is 22.5 Å². The van der Waals surface area contributed by atoms with Crippen molar-refractivity contribution in [3.8, 4) is 16.9 Å². The molecule has 206 valence electrons. The van der Waals surface area contributed by atoms with Crippen molar-refractivity contribution in [2.24, 2.45) is 0 Å². The summed E-state index contributed by atoms with van der Waals surface area (Å²) in [6, 6.07) is 4.93. The fraction of sp³-hybridized carbons (Fsp3) is 0.280. The maximum atomic E-state index is 15.3. The third kappa shape index (κ3) is 4.52. The molecule has 2 N–H and O–H groups in total. The molecule has 3 atom stereocenters. The van der Waals surface area contributed by atoms with Crippen molar-refractivity contribution in [1.29, 1.82) is 0 Å². The maximum Gasteiger partial charge on any atom is 0.420 e. The molecule has 2 aliphatic rings. The summed E-state index contributed by atoms with van der Waals surface area (Å²) in [6.45, 7) is 0. The molecule has 10 nitrogen and oxygen atoms in total. The number of fused-ring (bicyclic) bond motifs is 1. The zero-order valence-electron chi connectivity index (χ0n) is 20.3. The standard InChI is InChI=1S/C25H19ClF4N8O2/c26-15-2-4-18(37-11-33-35-36-37)21(22(15)27)13-7-14-1-3-19(38(14)20(39)9-13)24-32-10-17(34-24)12-5-6-31-16(8-12)23(40)25(28,29)30/h2,4-6,8-11,14,19,23,40H,1,3,7H2,(H,32,34)/t14-,19+,23-/m1/s1. The monoisotopic (exact) mass is 574 g/mol. The highest BCUT2D eigenvalue weighted by Crippen LogP contribution is 2.44. The van der Waals surface area contributed by atoms with Crippen LogP contribution in [0.25, 0.3) is 22.5 Å². The predicted molar refractivity (Wildman–Crippen MR) is 132 cm³/mol. The zero-order valence-corrected chi connectivity index (χ0v) is 21.1. The van der Waals surface area contributed by atoms with E-state index in [1.165, 1.54) is 41.6 Å². The first-order chi connectivity index (χ1) is 19.1. The van der Waals surface area contributed by atoms with Crippen molar-refractivity contribution in [3.63, 3.8) is 0 Å². The van der Waals surface area contributed by atoms with Gasteiger partial charge in [-0.15, -0.1) is 5.10 Å². The van der Waals surface area contributed by atoms with E-state index in [2.05, 4.69) is 30.5 Å². The summed E-state index contributed by atoms with van der Waals surface area (Å²) in [6.07, 6.45) is -0.726. The van der Waals surface area contributed by atoms with Crippen LogP contribution in [-0.2, 0) is 4.79 Å². The third-order valence-corrected chi connectivity index (χ3v) is 7.39. The number of H-pyrrole nitrogens is 1. The quantitative estimate of drug-likeness (QED) is 0.339. The largest absolute Gasteiger partial charge is 0.420 e. The number of hydrogen-bond donors (Lipinski definition) is 2. The van der Waals surface area contributed by atoms with Gasteiger partial charge < -0.3 is 15.0 Å². The third-order valence-electron chi connectivity index (χ3n) is 7.09. The summed E-state index contributed by atoms with van der Waals surface area (Å²) in [5, 5.41) is 20.5. The van der Waals surface area contributed by atoms with Gasteiger partial charge in [-0.1, -0.05) is 11.6 Å². The lowest BCUT2D eigenvalue weighted by molar-refractivity contribution is -0.207. The molecule has 5 heterocycles. The highest BCUT2D eigenvalue weighted by molar-refractivity contribution is 6.31. The van der Waals surface area contributed by atoms with Crippen molar-refractivity contribution in [2.75, 3.05) is 0 Å². The number of alkyl halides is 3.